The van der Waals surface area contributed by atoms with Gasteiger partial charge in [-0.25, -0.2) is 8.42 Å². The predicted octanol–water partition coefficient (Wildman–Crippen LogP) is 4.40. The largest absolute Gasteiger partial charge is 0.393 e. The number of benzene rings is 1. The Balaban J connectivity index is 1.31. The molecule has 0 bridgehead atoms. The first kappa shape index (κ1) is 29.2. The number of aliphatic hydroxyl groups excluding tert-OH is 1. The number of sulfone groups is 1. The summed E-state index contributed by atoms with van der Waals surface area (Å²) in [7, 11) is -3.64. The van der Waals surface area contributed by atoms with Gasteiger partial charge < -0.3 is 19.3 Å². The molecule has 1 spiro atoms. The van der Waals surface area contributed by atoms with E-state index in [1.54, 1.807) is 37.3 Å². The van der Waals surface area contributed by atoms with Crippen LogP contribution in [0.25, 0.3) is 0 Å². The van der Waals surface area contributed by atoms with Gasteiger partial charge in [-0.15, -0.1) is 0 Å². The van der Waals surface area contributed by atoms with Crippen LogP contribution in [-0.4, -0.2) is 61.7 Å². The van der Waals surface area contributed by atoms with Crippen molar-refractivity contribution in [1.82, 2.24) is 0 Å². The zero-order valence-electron chi connectivity index (χ0n) is 24.3. The van der Waals surface area contributed by atoms with Crippen molar-refractivity contribution in [1.29, 1.82) is 0 Å². The summed E-state index contributed by atoms with van der Waals surface area (Å²) in [6, 6.07) is 8.26. The maximum atomic E-state index is 13.8. The number of Topliss-reactive ketones (excluding diaryl/α,β-unsaturated/α-hetero) is 1. The Bertz CT molecular complexity index is 1360. The molecule has 8 atom stereocenters. The molecule has 1 saturated heterocycles. The molecule has 4 aliphatic carbocycles. The molecule has 0 aromatic heterocycles. The third-order valence-electron chi connectivity index (χ3n) is 11.4. The van der Waals surface area contributed by atoms with Crippen molar-refractivity contribution in [3.05, 3.63) is 42.0 Å². The lowest BCUT2D eigenvalue weighted by molar-refractivity contribution is -0.430. The summed E-state index contributed by atoms with van der Waals surface area (Å²) in [5, 5.41) is 11.8. The van der Waals surface area contributed by atoms with E-state index in [9.17, 15) is 23.1 Å². The van der Waals surface area contributed by atoms with Crippen LogP contribution in [0.1, 0.15) is 72.1 Å². The quantitative estimate of drug-likeness (QED) is 0.522. The standard InChI is InChI=1S/C32H42O8S/c1-4-38-32(16-17-41(36,37)23-8-6-5-7-9-23)39-20-27(35)31(40-32)15-13-25-24-11-10-21-18-22(33)12-14-29(21,2)28(24)26(34)19-30(25,31)3/h5-9,18,24-26,28,34H,4,10-17,19-20H2,1-3H3/t24-,25-,26-,28+,29-,30-,31-,32?/m1/s1. The van der Waals surface area contributed by atoms with Crippen LogP contribution in [0, 0.1) is 28.6 Å². The summed E-state index contributed by atoms with van der Waals surface area (Å²) in [5.74, 6) is -1.58. The van der Waals surface area contributed by atoms with Gasteiger partial charge in [-0.1, -0.05) is 37.6 Å². The van der Waals surface area contributed by atoms with Gasteiger partial charge in [0.2, 0.25) is 0 Å². The molecule has 9 heteroatoms. The summed E-state index contributed by atoms with van der Waals surface area (Å²) in [5.41, 5.74) is -0.974. The smallest absolute Gasteiger partial charge is 0.285 e. The molecule has 1 aliphatic heterocycles. The highest BCUT2D eigenvalue weighted by atomic mass is 32.2. The Morgan fingerprint density at radius 2 is 1.83 bits per heavy atom. The third-order valence-corrected chi connectivity index (χ3v) is 13.1. The van der Waals surface area contributed by atoms with Crippen LogP contribution >= 0.6 is 0 Å². The molecule has 41 heavy (non-hydrogen) atoms. The van der Waals surface area contributed by atoms with Crippen molar-refractivity contribution < 1.29 is 37.3 Å². The second kappa shape index (κ2) is 10.1. The Morgan fingerprint density at radius 3 is 2.56 bits per heavy atom. The predicted molar refractivity (Wildman–Crippen MR) is 150 cm³/mol. The zero-order valence-corrected chi connectivity index (χ0v) is 25.1. The molecule has 8 nitrogen and oxygen atoms in total. The van der Waals surface area contributed by atoms with Gasteiger partial charge in [-0.3, -0.25) is 9.59 Å². The lowest BCUT2D eigenvalue weighted by Gasteiger charge is -2.62. The van der Waals surface area contributed by atoms with Crippen molar-refractivity contribution in [2.24, 2.45) is 28.6 Å². The lowest BCUT2D eigenvalue weighted by Crippen LogP contribution is -2.68. The fourth-order valence-corrected chi connectivity index (χ4v) is 10.8. The van der Waals surface area contributed by atoms with Crippen LogP contribution in [-0.2, 0) is 33.6 Å². The molecule has 5 aliphatic rings. The maximum absolute atomic E-state index is 13.8. The van der Waals surface area contributed by atoms with Gasteiger partial charge in [0.15, 0.2) is 21.4 Å². The van der Waals surface area contributed by atoms with Crippen LogP contribution in [0.5, 0.6) is 0 Å². The van der Waals surface area contributed by atoms with Crippen LogP contribution < -0.4 is 0 Å². The van der Waals surface area contributed by atoms with E-state index in [2.05, 4.69) is 13.8 Å². The lowest BCUT2D eigenvalue weighted by atomic mass is 9.45. The third kappa shape index (κ3) is 4.41. The number of ketones is 2. The number of ether oxygens (including phenoxy) is 3. The molecule has 3 saturated carbocycles. The van der Waals surface area contributed by atoms with Gasteiger partial charge in [0.1, 0.15) is 12.2 Å². The average molecular weight is 587 g/mol. The highest BCUT2D eigenvalue weighted by Gasteiger charge is 2.72. The van der Waals surface area contributed by atoms with E-state index in [0.29, 0.717) is 19.3 Å². The molecular formula is C32H42O8S. The van der Waals surface area contributed by atoms with Crippen LogP contribution in [0.2, 0.25) is 0 Å². The monoisotopic (exact) mass is 586 g/mol. The number of fused-ring (bicyclic) bond motifs is 6. The second-order valence-corrected chi connectivity index (χ2v) is 15.4. The molecule has 4 fully saturated rings. The minimum Gasteiger partial charge on any atom is -0.393 e. The fraction of sp³-hybridized carbons (Fsp3) is 0.688. The molecule has 6 rings (SSSR count). The van der Waals surface area contributed by atoms with Crippen molar-refractivity contribution >= 4 is 21.4 Å². The summed E-state index contributed by atoms with van der Waals surface area (Å²) in [6.45, 7) is 6.06. The van der Waals surface area contributed by atoms with Gasteiger partial charge in [0.25, 0.3) is 5.97 Å². The number of aliphatic hydroxyl groups is 1. The Morgan fingerprint density at radius 1 is 1.07 bits per heavy atom. The van der Waals surface area contributed by atoms with E-state index in [1.807, 2.05) is 6.08 Å². The molecule has 224 valence electrons. The van der Waals surface area contributed by atoms with Crippen LogP contribution in [0.3, 0.4) is 0 Å². The summed E-state index contributed by atoms with van der Waals surface area (Å²) >= 11 is 0. The second-order valence-electron chi connectivity index (χ2n) is 13.3. The molecule has 1 heterocycles. The van der Waals surface area contributed by atoms with Crippen molar-refractivity contribution in [2.45, 2.75) is 94.7 Å². The minimum atomic E-state index is -3.64. The average Bonchev–Trinajstić information content (AvgIpc) is 3.22. The molecular weight excluding hydrogens is 544 g/mol. The Hall–Kier alpha value is -1.91. The normalized spacial score (nSPS) is 42.4. The van der Waals surface area contributed by atoms with Gasteiger partial charge in [0.05, 0.1) is 16.8 Å². The maximum Gasteiger partial charge on any atom is 0.285 e. The SMILES string of the molecule is CCOC1(CCS(=O)(=O)c2ccccc2)OCC(=O)[C@@]2(CC[C@@H]3[C@H]4CCC5=CC(=O)CC[C@@]5(C)[C@@H]4[C@H](O)C[C@]32C)O1. The van der Waals surface area contributed by atoms with Crippen molar-refractivity contribution in [3.8, 4) is 0 Å². The molecule has 0 radical (unpaired) electrons. The number of carbonyl (C=O) groups excluding carboxylic acids is 2. The van der Waals surface area contributed by atoms with Gasteiger partial charge >= 0.3 is 0 Å². The Kier molecular flexibility index (Phi) is 7.17. The topological polar surface area (TPSA) is 116 Å². The van der Waals surface area contributed by atoms with E-state index < -0.39 is 32.9 Å². The van der Waals surface area contributed by atoms with E-state index in [-0.39, 0.29) is 65.0 Å². The number of hydrogen-bond acceptors (Lipinski definition) is 8. The number of rotatable bonds is 6. The van der Waals surface area contributed by atoms with Crippen molar-refractivity contribution in [2.75, 3.05) is 19.0 Å². The van der Waals surface area contributed by atoms with Crippen LogP contribution in [0.4, 0.5) is 0 Å². The van der Waals surface area contributed by atoms with Crippen molar-refractivity contribution in [3.63, 3.8) is 0 Å². The fourth-order valence-electron chi connectivity index (χ4n) is 9.44. The number of carbonyl (C=O) groups is 2. The van der Waals surface area contributed by atoms with Gasteiger partial charge in [-0.05, 0) is 86.8 Å². The molecule has 1 aromatic carbocycles. The highest BCUT2D eigenvalue weighted by molar-refractivity contribution is 7.91. The first-order valence-electron chi connectivity index (χ1n) is 15.1. The first-order chi connectivity index (χ1) is 19.4. The van der Waals surface area contributed by atoms with E-state index in [0.717, 1.165) is 25.7 Å². The van der Waals surface area contributed by atoms with Crippen LogP contribution in [0.15, 0.2) is 46.9 Å². The molecule has 1 unspecified atom stereocenters. The minimum absolute atomic E-state index is 0.0198. The van der Waals surface area contributed by atoms with E-state index in [1.165, 1.54) is 5.57 Å². The summed E-state index contributed by atoms with van der Waals surface area (Å²) in [6.07, 6.45) is 5.67. The van der Waals surface area contributed by atoms with E-state index in [4.69, 9.17) is 14.2 Å². The van der Waals surface area contributed by atoms with Gasteiger partial charge in [-0.2, -0.15) is 0 Å². The van der Waals surface area contributed by atoms with E-state index >= 15 is 0 Å². The molecule has 1 aromatic rings. The Labute approximate surface area is 242 Å². The summed E-state index contributed by atoms with van der Waals surface area (Å²) < 4.78 is 45.0. The van der Waals surface area contributed by atoms with Gasteiger partial charge in [0, 0.05) is 24.9 Å². The molecule has 0 amide bonds. The summed E-state index contributed by atoms with van der Waals surface area (Å²) in [4.78, 5) is 26.3. The first-order valence-corrected chi connectivity index (χ1v) is 16.8. The number of allylic oxidation sites excluding steroid dienone is 1. The number of hydrogen-bond donors (Lipinski definition) is 1. The molecule has 1 N–H and O–H groups in total. The highest BCUT2D eigenvalue weighted by Crippen LogP contribution is 2.69. The zero-order chi connectivity index (χ0) is 29.3.